The first-order chi connectivity index (χ1) is 10.3. The highest BCUT2D eigenvalue weighted by Crippen LogP contribution is 2.42. The van der Waals surface area contributed by atoms with Gasteiger partial charge in [0.15, 0.2) is 0 Å². The van der Waals surface area contributed by atoms with Gasteiger partial charge in [0.05, 0.1) is 6.10 Å². The van der Waals surface area contributed by atoms with Crippen molar-refractivity contribution < 1.29 is 5.11 Å². The molecule has 21 heavy (non-hydrogen) atoms. The lowest BCUT2D eigenvalue weighted by Crippen LogP contribution is -2.19. The molecule has 2 unspecified atom stereocenters. The van der Waals surface area contributed by atoms with Gasteiger partial charge in [-0.3, -0.25) is 0 Å². The second-order valence-corrected chi connectivity index (χ2v) is 7.68. The van der Waals surface area contributed by atoms with Crippen LogP contribution in [0.1, 0.15) is 64.1 Å². The van der Waals surface area contributed by atoms with E-state index < -0.39 is 0 Å². The number of thiophene rings is 1. The van der Waals surface area contributed by atoms with Crippen molar-refractivity contribution in [2.75, 3.05) is 0 Å². The Morgan fingerprint density at radius 2 is 1.95 bits per heavy atom. The van der Waals surface area contributed by atoms with Crippen LogP contribution in [0, 0.1) is 0 Å². The van der Waals surface area contributed by atoms with Gasteiger partial charge in [0.1, 0.15) is 0 Å². The van der Waals surface area contributed by atoms with E-state index in [1.807, 2.05) is 11.3 Å². The third kappa shape index (κ3) is 2.56. The van der Waals surface area contributed by atoms with Crippen molar-refractivity contribution >= 4 is 11.3 Å². The van der Waals surface area contributed by atoms with Gasteiger partial charge in [0.25, 0.3) is 0 Å². The molecule has 110 valence electrons. The molecule has 1 aromatic heterocycles. The predicted octanol–water partition coefficient (Wildman–Crippen LogP) is 4.78. The normalized spacial score (nSPS) is 21.9. The second-order valence-electron chi connectivity index (χ2n) is 6.51. The minimum absolute atomic E-state index is 0.278. The van der Waals surface area contributed by atoms with E-state index in [0.29, 0.717) is 5.92 Å². The molecule has 1 heterocycles. The SMILES string of the molecule is OC(CC1Cc2ccccc21)c1cc2c(s1)CCCCC2. The summed E-state index contributed by atoms with van der Waals surface area (Å²) in [5.74, 6) is 0.554. The van der Waals surface area contributed by atoms with Crippen LogP contribution in [0.15, 0.2) is 30.3 Å². The van der Waals surface area contributed by atoms with E-state index in [-0.39, 0.29) is 6.10 Å². The highest BCUT2D eigenvalue weighted by Gasteiger charge is 2.28. The van der Waals surface area contributed by atoms with Crippen molar-refractivity contribution in [3.05, 3.63) is 56.8 Å². The monoisotopic (exact) mass is 298 g/mol. The molecule has 1 nitrogen and oxygen atoms in total. The Kier molecular flexibility index (Phi) is 3.60. The number of aryl methyl sites for hydroxylation is 2. The largest absolute Gasteiger partial charge is 0.388 e. The average molecular weight is 298 g/mol. The van der Waals surface area contributed by atoms with Crippen LogP contribution in [0.25, 0.3) is 0 Å². The fourth-order valence-corrected chi connectivity index (χ4v) is 5.07. The lowest BCUT2D eigenvalue weighted by Gasteiger charge is -2.31. The molecule has 1 aromatic carbocycles. The molecule has 0 saturated carbocycles. The number of benzene rings is 1. The Balaban J connectivity index is 1.48. The maximum absolute atomic E-state index is 10.6. The van der Waals surface area contributed by atoms with Gasteiger partial charge in [-0.1, -0.05) is 30.7 Å². The molecule has 0 amide bonds. The maximum Gasteiger partial charge on any atom is 0.0888 e. The minimum Gasteiger partial charge on any atom is -0.388 e. The summed E-state index contributed by atoms with van der Waals surface area (Å²) in [5.41, 5.74) is 4.44. The average Bonchev–Trinajstić information content (AvgIpc) is 2.76. The van der Waals surface area contributed by atoms with Gasteiger partial charge >= 0.3 is 0 Å². The Bertz CT molecular complexity index is 619. The molecular weight excluding hydrogens is 276 g/mol. The van der Waals surface area contributed by atoms with Crippen molar-refractivity contribution in [1.29, 1.82) is 0 Å². The zero-order chi connectivity index (χ0) is 14.2. The molecule has 0 radical (unpaired) electrons. The quantitative estimate of drug-likeness (QED) is 0.808. The van der Waals surface area contributed by atoms with Crippen LogP contribution >= 0.6 is 11.3 Å². The van der Waals surface area contributed by atoms with Crippen LogP contribution in [-0.2, 0) is 19.3 Å². The summed E-state index contributed by atoms with van der Waals surface area (Å²) in [6, 6.07) is 11.0. The van der Waals surface area contributed by atoms with Crippen molar-refractivity contribution in [3.63, 3.8) is 0 Å². The van der Waals surface area contributed by atoms with Crippen LogP contribution in [0.4, 0.5) is 0 Å². The number of fused-ring (bicyclic) bond motifs is 2. The molecule has 4 rings (SSSR count). The first-order valence-electron chi connectivity index (χ1n) is 8.18. The van der Waals surface area contributed by atoms with E-state index in [9.17, 15) is 5.11 Å². The highest BCUT2D eigenvalue weighted by molar-refractivity contribution is 7.12. The van der Waals surface area contributed by atoms with Gasteiger partial charge in [0, 0.05) is 9.75 Å². The van der Waals surface area contributed by atoms with Gasteiger partial charge in [-0.2, -0.15) is 0 Å². The van der Waals surface area contributed by atoms with Gasteiger partial charge in [-0.05, 0) is 67.2 Å². The summed E-state index contributed by atoms with van der Waals surface area (Å²) in [4.78, 5) is 2.74. The lowest BCUT2D eigenvalue weighted by atomic mass is 9.75. The van der Waals surface area contributed by atoms with Crippen molar-refractivity contribution in [2.45, 2.75) is 57.0 Å². The van der Waals surface area contributed by atoms with Gasteiger partial charge in [-0.15, -0.1) is 11.3 Å². The van der Waals surface area contributed by atoms with Crippen molar-refractivity contribution in [2.24, 2.45) is 0 Å². The van der Waals surface area contributed by atoms with Crippen LogP contribution in [0.3, 0.4) is 0 Å². The molecule has 0 bridgehead atoms. The standard InChI is InChI=1S/C19H22OS/c20-17(11-15-10-13-6-4-5-8-16(13)15)19-12-14-7-2-1-3-9-18(14)21-19/h4-6,8,12,15,17,20H,1-3,7,9-11H2. The van der Waals surface area contributed by atoms with Crippen molar-refractivity contribution in [1.82, 2.24) is 0 Å². The highest BCUT2D eigenvalue weighted by atomic mass is 32.1. The molecule has 0 spiro atoms. The van der Waals surface area contributed by atoms with E-state index >= 15 is 0 Å². The summed E-state index contributed by atoms with van der Waals surface area (Å²) in [6.45, 7) is 0. The van der Waals surface area contributed by atoms with Crippen LogP contribution in [0.5, 0.6) is 0 Å². The zero-order valence-electron chi connectivity index (χ0n) is 12.3. The number of hydrogen-bond acceptors (Lipinski definition) is 2. The second kappa shape index (κ2) is 5.58. The van der Waals surface area contributed by atoms with Gasteiger partial charge in [0.2, 0.25) is 0 Å². The summed E-state index contributed by atoms with van der Waals surface area (Å²) >= 11 is 1.86. The molecule has 2 aliphatic carbocycles. The number of aliphatic hydroxyl groups excluding tert-OH is 1. The first-order valence-corrected chi connectivity index (χ1v) is 9.00. The first kappa shape index (κ1) is 13.5. The number of hydrogen-bond donors (Lipinski definition) is 1. The van der Waals surface area contributed by atoms with Gasteiger partial charge in [-0.25, -0.2) is 0 Å². The molecule has 0 aliphatic heterocycles. The Morgan fingerprint density at radius 3 is 2.86 bits per heavy atom. The fourth-order valence-electron chi connectivity index (χ4n) is 3.81. The topological polar surface area (TPSA) is 20.2 Å². The lowest BCUT2D eigenvalue weighted by molar-refractivity contribution is 0.157. The van der Waals surface area contributed by atoms with E-state index in [1.54, 1.807) is 0 Å². The Hall–Kier alpha value is -1.12. The summed E-state index contributed by atoms with van der Waals surface area (Å²) in [5, 5.41) is 10.6. The van der Waals surface area contributed by atoms with E-state index in [2.05, 4.69) is 30.3 Å². The van der Waals surface area contributed by atoms with E-state index in [0.717, 1.165) is 12.8 Å². The molecule has 0 fully saturated rings. The Morgan fingerprint density at radius 1 is 1.10 bits per heavy atom. The summed E-state index contributed by atoms with van der Waals surface area (Å²) in [6.07, 6.45) is 8.17. The fraction of sp³-hybridized carbons (Fsp3) is 0.474. The minimum atomic E-state index is -0.278. The Labute approximate surface area is 130 Å². The van der Waals surface area contributed by atoms with Gasteiger partial charge < -0.3 is 5.11 Å². The molecular formula is C19H22OS. The molecule has 2 aromatic rings. The maximum atomic E-state index is 10.6. The molecule has 0 saturated heterocycles. The zero-order valence-corrected chi connectivity index (χ0v) is 13.2. The number of aliphatic hydroxyl groups is 1. The van der Waals surface area contributed by atoms with E-state index in [4.69, 9.17) is 0 Å². The van der Waals surface area contributed by atoms with Crippen LogP contribution < -0.4 is 0 Å². The summed E-state index contributed by atoms with van der Waals surface area (Å²) < 4.78 is 0. The smallest absolute Gasteiger partial charge is 0.0888 e. The molecule has 2 atom stereocenters. The molecule has 2 heteroatoms. The number of rotatable bonds is 3. The summed E-state index contributed by atoms with van der Waals surface area (Å²) in [7, 11) is 0. The molecule has 1 N–H and O–H groups in total. The van der Waals surface area contributed by atoms with Crippen LogP contribution in [0.2, 0.25) is 0 Å². The molecule has 2 aliphatic rings. The van der Waals surface area contributed by atoms with Crippen LogP contribution in [-0.4, -0.2) is 5.11 Å². The third-order valence-corrected chi connectivity index (χ3v) is 6.40. The predicted molar refractivity (Wildman–Crippen MR) is 88.0 cm³/mol. The van der Waals surface area contributed by atoms with Crippen molar-refractivity contribution in [3.8, 4) is 0 Å². The van der Waals surface area contributed by atoms with E-state index in [1.165, 1.54) is 58.5 Å². The third-order valence-electron chi connectivity index (χ3n) is 5.06.